The van der Waals surface area contributed by atoms with E-state index >= 15 is 0 Å². The van der Waals surface area contributed by atoms with Gasteiger partial charge in [0.25, 0.3) is 5.69 Å². The predicted molar refractivity (Wildman–Crippen MR) is 154 cm³/mol. The van der Waals surface area contributed by atoms with E-state index in [1.165, 1.54) is 24.3 Å². The molecule has 3 aliphatic rings. The lowest BCUT2D eigenvalue weighted by molar-refractivity contribution is -0.384. The molecule has 8 nitrogen and oxygen atoms in total. The van der Waals surface area contributed by atoms with Crippen LogP contribution in [0.4, 0.5) is 17.1 Å². The zero-order chi connectivity index (χ0) is 28.3. The summed E-state index contributed by atoms with van der Waals surface area (Å²) < 4.78 is 0. The van der Waals surface area contributed by atoms with Crippen molar-refractivity contribution >= 4 is 40.6 Å². The average Bonchev–Trinajstić information content (AvgIpc) is 3.49. The number of hydrogen-bond donors (Lipinski definition) is 1. The van der Waals surface area contributed by atoms with Crippen LogP contribution in [-0.2, 0) is 10.2 Å². The van der Waals surface area contributed by atoms with Crippen LogP contribution in [0.3, 0.4) is 0 Å². The molecule has 0 unspecified atom stereocenters. The van der Waals surface area contributed by atoms with E-state index in [0.717, 1.165) is 5.56 Å². The lowest BCUT2D eigenvalue weighted by atomic mass is 9.64. The highest BCUT2D eigenvalue weighted by molar-refractivity contribution is 6.18. The first kappa shape index (κ1) is 24.7. The van der Waals surface area contributed by atoms with E-state index in [2.05, 4.69) is 5.32 Å². The lowest BCUT2D eigenvalue weighted by Crippen LogP contribution is -2.51. The largest absolute Gasteiger partial charge is 0.352 e. The van der Waals surface area contributed by atoms with Crippen LogP contribution < -0.4 is 10.2 Å². The van der Waals surface area contributed by atoms with E-state index in [9.17, 15) is 24.5 Å². The molecule has 8 heteroatoms. The van der Waals surface area contributed by atoms with Gasteiger partial charge in [-0.2, -0.15) is 0 Å². The van der Waals surface area contributed by atoms with Crippen LogP contribution in [0.2, 0.25) is 0 Å². The van der Waals surface area contributed by atoms with Gasteiger partial charge >= 0.3 is 0 Å². The summed E-state index contributed by atoms with van der Waals surface area (Å²) in [4.78, 5) is 56.5. The van der Waals surface area contributed by atoms with Crippen LogP contribution in [0, 0.1) is 16.0 Å². The second-order valence-electron chi connectivity index (χ2n) is 10.5. The molecule has 1 N–H and O–H groups in total. The third kappa shape index (κ3) is 3.43. The number of anilines is 2. The molecule has 200 valence electrons. The summed E-state index contributed by atoms with van der Waals surface area (Å²) in [5.74, 6) is -2.31. The van der Waals surface area contributed by atoms with E-state index in [4.69, 9.17) is 0 Å². The van der Waals surface area contributed by atoms with Gasteiger partial charge in [0, 0.05) is 34.6 Å². The van der Waals surface area contributed by atoms with Gasteiger partial charge in [0.2, 0.25) is 5.91 Å². The number of fused-ring (bicyclic) bond motifs is 6. The van der Waals surface area contributed by atoms with Crippen molar-refractivity contribution in [2.45, 2.75) is 17.5 Å². The zero-order valence-electron chi connectivity index (χ0n) is 21.6. The third-order valence-corrected chi connectivity index (χ3v) is 8.49. The fourth-order valence-electron chi connectivity index (χ4n) is 6.85. The Labute approximate surface area is 235 Å². The fraction of sp³-hybridized carbons (Fsp3) is 0.121. The molecule has 1 fully saturated rings. The molecule has 4 atom stereocenters. The summed E-state index contributed by atoms with van der Waals surface area (Å²) in [6.45, 7) is 0. The zero-order valence-corrected chi connectivity index (χ0v) is 21.6. The Kier molecular flexibility index (Phi) is 5.47. The summed E-state index contributed by atoms with van der Waals surface area (Å²) in [5.41, 5.74) is 1.61. The topological polar surface area (TPSA) is 110 Å². The SMILES string of the molecule is O=C(c1ccccc1)[C@@H]1[C@H](C(=O)c2cccc([N+](=O)[O-])c2)N2c3ccccc3C=C[C@H]2[C@@]12C(=O)Nc1ccccc12. The van der Waals surface area contributed by atoms with E-state index in [-0.39, 0.29) is 22.9 Å². The van der Waals surface area contributed by atoms with Crippen LogP contribution in [0.1, 0.15) is 31.8 Å². The highest BCUT2D eigenvalue weighted by Gasteiger charge is 2.70. The van der Waals surface area contributed by atoms with Gasteiger partial charge in [0.1, 0.15) is 11.5 Å². The lowest BCUT2D eigenvalue weighted by Gasteiger charge is -2.37. The molecule has 1 saturated heterocycles. The van der Waals surface area contributed by atoms with Crippen molar-refractivity contribution in [1.82, 2.24) is 0 Å². The molecule has 1 amide bonds. The van der Waals surface area contributed by atoms with Crippen molar-refractivity contribution in [3.63, 3.8) is 0 Å². The van der Waals surface area contributed by atoms with E-state index < -0.39 is 34.1 Å². The van der Waals surface area contributed by atoms with E-state index in [0.29, 0.717) is 22.5 Å². The number of amides is 1. The van der Waals surface area contributed by atoms with Gasteiger partial charge < -0.3 is 10.2 Å². The first-order valence-electron chi connectivity index (χ1n) is 13.3. The molecule has 0 aliphatic carbocycles. The summed E-state index contributed by atoms with van der Waals surface area (Å²) in [5, 5.41) is 14.6. The van der Waals surface area contributed by atoms with Gasteiger partial charge in [-0.1, -0.05) is 91.0 Å². The van der Waals surface area contributed by atoms with Crippen molar-refractivity contribution in [1.29, 1.82) is 0 Å². The van der Waals surface area contributed by atoms with E-state index in [1.807, 2.05) is 59.5 Å². The first-order chi connectivity index (χ1) is 19.9. The molecule has 4 aromatic carbocycles. The summed E-state index contributed by atoms with van der Waals surface area (Å²) in [6.07, 6.45) is 3.83. The van der Waals surface area contributed by atoms with E-state index in [1.54, 1.807) is 36.4 Å². The standard InChI is InChI=1S/C33H23N3O5/c37-30(21-10-2-1-3-11-21)28-29(31(38)22-12-8-13-23(19-22)36(40)41)35-26-16-7-4-9-20(26)17-18-27(35)33(28)24-14-5-6-15-25(24)34-32(33)39/h1-19,27-29H,(H,34,39)/t27-,28-,29+,33+/m0/s1. The Balaban J connectivity index is 1.53. The molecule has 0 aromatic heterocycles. The molecular formula is C33H23N3O5. The number of para-hydroxylation sites is 2. The maximum absolute atomic E-state index is 14.6. The smallest absolute Gasteiger partial charge is 0.270 e. The quantitative estimate of drug-likeness (QED) is 0.204. The summed E-state index contributed by atoms with van der Waals surface area (Å²) in [6, 6.07) is 27.2. The van der Waals surface area contributed by atoms with Gasteiger partial charge in [-0.15, -0.1) is 0 Å². The molecule has 3 heterocycles. The van der Waals surface area contributed by atoms with Gasteiger partial charge in [-0.25, -0.2) is 0 Å². The maximum atomic E-state index is 14.6. The minimum Gasteiger partial charge on any atom is -0.352 e. The Morgan fingerprint density at radius 1 is 0.829 bits per heavy atom. The molecular weight excluding hydrogens is 518 g/mol. The fourth-order valence-corrected chi connectivity index (χ4v) is 6.85. The van der Waals surface area contributed by atoms with Crippen LogP contribution in [-0.4, -0.2) is 34.5 Å². The minimum absolute atomic E-state index is 0.101. The minimum atomic E-state index is -1.44. The molecule has 41 heavy (non-hydrogen) atoms. The van der Waals surface area contributed by atoms with Crippen molar-refractivity contribution in [2.24, 2.45) is 5.92 Å². The Morgan fingerprint density at radius 3 is 2.34 bits per heavy atom. The highest BCUT2D eigenvalue weighted by Crippen LogP contribution is 2.58. The first-order valence-corrected chi connectivity index (χ1v) is 13.3. The summed E-state index contributed by atoms with van der Waals surface area (Å²) in [7, 11) is 0. The van der Waals surface area contributed by atoms with Gasteiger partial charge in [-0.05, 0) is 23.3 Å². The number of ketones is 2. The average molecular weight is 542 g/mol. The number of hydrogen-bond acceptors (Lipinski definition) is 6. The number of nitrogens with one attached hydrogen (secondary N) is 1. The maximum Gasteiger partial charge on any atom is 0.270 e. The molecule has 4 aromatic rings. The Hall–Kier alpha value is -5.37. The van der Waals surface area contributed by atoms with Crippen molar-refractivity contribution < 1.29 is 19.3 Å². The monoisotopic (exact) mass is 541 g/mol. The number of rotatable bonds is 5. The van der Waals surface area contributed by atoms with Crippen molar-refractivity contribution in [3.8, 4) is 0 Å². The third-order valence-electron chi connectivity index (χ3n) is 8.49. The Bertz CT molecular complexity index is 1800. The molecule has 3 aliphatic heterocycles. The number of benzene rings is 4. The van der Waals surface area contributed by atoms with Crippen LogP contribution in [0.5, 0.6) is 0 Å². The molecule has 7 rings (SSSR count). The number of carbonyl (C=O) groups is 3. The van der Waals surface area contributed by atoms with Gasteiger partial charge in [0.15, 0.2) is 11.6 Å². The van der Waals surface area contributed by atoms with Gasteiger partial charge in [-0.3, -0.25) is 24.5 Å². The number of nitrogens with zero attached hydrogens (tertiary/aromatic N) is 2. The molecule has 0 radical (unpaired) electrons. The molecule has 0 saturated carbocycles. The number of nitro groups is 1. The van der Waals surface area contributed by atoms with Crippen LogP contribution in [0.15, 0.2) is 109 Å². The normalized spacial score (nSPS) is 23.5. The molecule has 1 spiro atoms. The van der Waals surface area contributed by atoms with Crippen molar-refractivity contribution in [3.05, 3.63) is 142 Å². The van der Waals surface area contributed by atoms with Crippen LogP contribution in [0.25, 0.3) is 6.08 Å². The van der Waals surface area contributed by atoms with Crippen molar-refractivity contribution in [2.75, 3.05) is 10.2 Å². The number of nitro benzene ring substituents is 1. The predicted octanol–water partition coefficient (Wildman–Crippen LogP) is 5.45. The second-order valence-corrected chi connectivity index (χ2v) is 10.5. The van der Waals surface area contributed by atoms with Crippen LogP contribution >= 0.6 is 0 Å². The number of carbonyl (C=O) groups excluding carboxylic acids is 3. The second kappa shape index (κ2) is 9.09. The number of non-ortho nitro benzene ring substituents is 1. The Morgan fingerprint density at radius 2 is 1.54 bits per heavy atom. The number of Topliss-reactive ketones (excluding diaryl/α,β-unsaturated/α-hetero) is 2. The van der Waals surface area contributed by atoms with Gasteiger partial charge in [0.05, 0.1) is 16.9 Å². The molecule has 0 bridgehead atoms. The summed E-state index contributed by atoms with van der Waals surface area (Å²) >= 11 is 0. The highest BCUT2D eigenvalue weighted by atomic mass is 16.6.